The largest absolute Gasteiger partial charge is 0.364 e. The van der Waals surface area contributed by atoms with Gasteiger partial charge < -0.3 is 15.8 Å². The Hall–Kier alpha value is -1.39. The lowest BCUT2D eigenvalue weighted by Gasteiger charge is -2.33. The molecule has 0 aromatic heterocycles. The van der Waals surface area contributed by atoms with Crippen LogP contribution in [0.1, 0.15) is 45.1 Å². The zero-order valence-corrected chi connectivity index (χ0v) is 13.7. The first kappa shape index (κ1) is 17.0. The highest BCUT2D eigenvalue weighted by molar-refractivity contribution is 5.81. The second-order valence-corrected chi connectivity index (χ2v) is 6.13. The van der Waals surface area contributed by atoms with Crippen LogP contribution >= 0.6 is 0 Å². The predicted molar refractivity (Wildman–Crippen MR) is 88.7 cm³/mol. The Kier molecular flexibility index (Phi) is 5.98. The van der Waals surface area contributed by atoms with Crippen LogP contribution in [0.5, 0.6) is 0 Å². The third-order valence-electron chi connectivity index (χ3n) is 5.00. The molecule has 1 aromatic carbocycles. The summed E-state index contributed by atoms with van der Waals surface area (Å²) < 4.78 is 5.67. The van der Waals surface area contributed by atoms with E-state index in [1.54, 1.807) is 0 Å². The van der Waals surface area contributed by atoms with Gasteiger partial charge in [0.15, 0.2) is 0 Å². The van der Waals surface area contributed by atoms with Crippen molar-refractivity contribution in [2.24, 2.45) is 5.73 Å². The van der Waals surface area contributed by atoms with E-state index in [1.165, 1.54) is 5.56 Å². The SMILES string of the molecule is CCC(CC)(CNC(=O)[C@@H]1CC[C@H](CN)O1)c1ccccc1. The van der Waals surface area contributed by atoms with Crippen LogP contribution in [0, 0.1) is 0 Å². The van der Waals surface area contributed by atoms with Crippen molar-refractivity contribution >= 4 is 5.91 Å². The average molecular weight is 304 g/mol. The van der Waals surface area contributed by atoms with E-state index in [-0.39, 0.29) is 23.5 Å². The van der Waals surface area contributed by atoms with E-state index >= 15 is 0 Å². The van der Waals surface area contributed by atoms with Crippen molar-refractivity contribution in [2.45, 2.75) is 57.2 Å². The summed E-state index contributed by atoms with van der Waals surface area (Å²) in [5.41, 5.74) is 6.88. The van der Waals surface area contributed by atoms with E-state index in [4.69, 9.17) is 10.5 Å². The van der Waals surface area contributed by atoms with Gasteiger partial charge in [-0.05, 0) is 31.2 Å². The Morgan fingerprint density at radius 1 is 1.27 bits per heavy atom. The van der Waals surface area contributed by atoms with Crippen LogP contribution in [0.25, 0.3) is 0 Å². The molecule has 122 valence electrons. The lowest BCUT2D eigenvalue weighted by molar-refractivity contribution is -0.132. The normalized spacial score (nSPS) is 21.8. The zero-order chi connectivity index (χ0) is 16.0. The standard InChI is InChI=1S/C18H28N2O2/c1-3-18(4-2,14-8-6-5-7-9-14)13-20-17(21)16-11-10-15(12-19)22-16/h5-9,15-16H,3-4,10-13,19H2,1-2H3,(H,20,21)/t15-,16+/m1/s1. The monoisotopic (exact) mass is 304 g/mol. The summed E-state index contributed by atoms with van der Waals surface area (Å²) >= 11 is 0. The number of rotatable bonds is 7. The summed E-state index contributed by atoms with van der Waals surface area (Å²) in [4.78, 5) is 12.3. The van der Waals surface area contributed by atoms with Crippen molar-refractivity contribution in [3.05, 3.63) is 35.9 Å². The summed E-state index contributed by atoms with van der Waals surface area (Å²) in [7, 11) is 0. The topological polar surface area (TPSA) is 64.4 Å². The van der Waals surface area contributed by atoms with E-state index in [0.29, 0.717) is 13.1 Å². The number of ether oxygens (including phenoxy) is 1. The number of carbonyl (C=O) groups excluding carboxylic acids is 1. The smallest absolute Gasteiger partial charge is 0.249 e. The molecular weight excluding hydrogens is 276 g/mol. The van der Waals surface area contributed by atoms with Crippen molar-refractivity contribution in [2.75, 3.05) is 13.1 Å². The minimum atomic E-state index is -0.337. The molecule has 0 saturated carbocycles. The molecule has 1 aliphatic rings. The fraction of sp³-hybridized carbons (Fsp3) is 0.611. The maximum absolute atomic E-state index is 12.3. The van der Waals surface area contributed by atoms with Gasteiger partial charge in [0.05, 0.1) is 6.10 Å². The van der Waals surface area contributed by atoms with Crippen molar-refractivity contribution in [1.82, 2.24) is 5.32 Å². The fourth-order valence-corrected chi connectivity index (χ4v) is 3.24. The Morgan fingerprint density at radius 3 is 2.50 bits per heavy atom. The number of carbonyl (C=O) groups is 1. The lowest BCUT2D eigenvalue weighted by Crippen LogP contribution is -2.44. The van der Waals surface area contributed by atoms with Crippen LogP contribution in [0.2, 0.25) is 0 Å². The molecular formula is C18H28N2O2. The molecule has 0 spiro atoms. The molecule has 4 heteroatoms. The third kappa shape index (κ3) is 3.68. The van der Waals surface area contributed by atoms with Crippen LogP contribution in [0.3, 0.4) is 0 Å². The number of hydrogen-bond donors (Lipinski definition) is 2. The Balaban J connectivity index is 1.99. The average Bonchev–Trinajstić information content (AvgIpc) is 3.06. The molecule has 1 amide bonds. The molecule has 1 heterocycles. The summed E-state index contributed by atoms with van der Waals surface area (Å²) in [5.74, 6) is -0.00171. The highest BCUT2D eigenvalue weighted by atomic mass is 16.5. The molecule has 1 saturated heterocycles. The van der Waals surface area contributed by atoms with Crippen molar-refractivity contribution in [1.29, 1.82) is 0 Å². The van der Waals surface area contributed by atoms with Gasteiger partial charge >= 0.3 is 0 Å². The fourth-order valence-electron chi connectivity index (χ4n) is 3.24. The first-order chi connectivity index (χ1) is 10.6. The van der Waals surface area contributed by atoms with Crippen LogP contribution in [0.15, 0.2) is 30.3 Å². The van der Waals surface area contributed by atoms with E-state index in [0.717, 1.165) is 25.7 Å². The Morgan fingerprint density at radius 2 is 1.95 bits per heavy atom. The molecule has 4 nitrogen and oxygen atoms in total. The number of amides is 1. The minimum Gasteiger partial charge on any atom is -0.364 e. The summed E-state index contributed by atoms with van der Waals surface area (Å²) in [5, 5.41) is 3.11. The van der Waals surface area contributed by atoms with Gasteiger partial charge in [-0.25, -0.2) is 0 Å². The van der Waals surface area contributed by atoms with Gasteiger partial charge in [0.25, 0.3) is 0 Å². The van der Waals surface area contributed by atoms with Gasteiger partial charge in [-0.1, -0.05) is 44.2 Å². The quantitative estimate of drug-likeness (QED) is 0.813. The molecule has 0 aliphatic carbocycles. The van der Waals surface area contributed by atoms with Gasteiger partial charge in [0.2, 0.25) is 5.91 Å². The van der Waals surface area contributed by atoms with E-state index in [9.17, 15) is 4.79 Å². The first-order valence-corrected chi connectivity index (χ1v) is 8.34. The predicted octanol–water partition coefficient (Wildman–Crippen LogP) is 2.37. The summed E-state index contributed by atoms with van der Waals surface area (Å²) in [6.45, 7) is 5.50. The van der Waals surface area contributed by atoms with Gasteiger partial charge in [-0.2, -0.15) is 0 Å². The summed E-state index contributed by atoms with van der Waals surface area (Å²) in [6, 6.07) is 10.4. The second-order valence-electron chi connectivity index (χ2n) is 6.13. The van der Waals surface area contributed by atoms with E-state index < -0.39 is 0 Å². The maximum Gasteiger partial charge on any atom is 0.249 e. The Labute approximate surface area is 133 Å². The van der Waals surface area contributed by atoms with Crippen LogP contribution in [-0.2, 0) is 14.9 Å². The highest BCUT2D eigenvalue weighted by Gasteiger charge is 2.33. The molecule has 2 atom stereocenters. The number of nitrogens with two attached hydrogens (primary N) is 1. The highest BCUT2D eigenvalue weighted by Crippen LogP contribution is 2.31. The first-order valence-electron chi connectivity index (χ1n) is 8.34. The number of hydrogen-bond acceptors (Lipinski definition) is 3. The zero-order valence-electron chi connectivity index (χ0n) is 13.7. The molecule has 0 bridgehead atoms. The van der Waals surface area contributed by atoms with E-state index in [1.807, 2.05) is 6.07 Å². The molecule has 1 aromatic rings. The van der Waals surface area contributed by atoms with Gasteiger partial charge in [-0.3, -0.25) is 4.79 Å². The number of benzene rings is 1. The van der Waals surface area contributed by atoms with Crippen molar-refractivity contribution in [3.8, 4) is 0 Å². The van der Waals surface area contributed by atoms with Crippen molar-refractivity contribution < 1.29 is 9.53 Å². The molecule has 0 unspecified atom stereocenters. The minimum absolute atomic E-state index is 0.00171. The Bertz CT molecular complexity index is 471. The summed E-state index contributed by atoms with van der Waals surface area (Å²) in [6.07, 6.45) is 3.32. The van der Waals surface area contributed by atoms with Crippen LogP contribution in [0.4, 0.5) is 0 Å². The third-order valence-corrected chi connectivity index (χ3v) is 5.00. The lowest BCUT2D eigenvalue weighted by atomic mass is 9.76. The maximum atomic E-state index is 12.3. The van der Waals surface area contributed by atoms with Crippen LogP contribution in [-0.4, -0.2) is 31.2 Å². The molecule has 3 N–H and O–H groups in total. The molecule has 22 heavy (non-hydrogen) atoms. The molecule has 0 radical (unpaired) electrons. The molecule has 1 fully saturated rings. The molecule has 2 rings (SSSR count). The number of nitrogens with one attached hydrogen (secondary N) is 1. The van der Waals surface area contributed by atoms with Crippen LogP contribution < -0.4 is 11.1 Å². The van der Waals surface area contributed by atoms with Gasteiger partial charge in [0, 0.05) is 18.5 Å². The molecule has 1 aliphatic heterocycles. The van der Waals surface area contributed by atoms with Gasteiger partial charge in [-0.15, -0.1) is 0 Å². The van der Waals surface area contributed by atoms with Gasteiger partial charge in [0.1, 0.15) is 6.10 Å². The van der Waals surface area contributed by atoms with Crippen molar-refractivity contribution in [3.63, 3.8) is 0 Å². The second kappa shape index (κ2) is 7.75. The van der Waals surface area contributed by atoms with E-state index in [2.05, 4.69) is 43.4 Å².